The molecule has 1 saturated heterocycles. The predicted octanol–water partition coefficient (Wildman–Crippen LogP) is 2.24. The van der Waals surface area contributed by atoms with Crippen molar-refractivity contribution in [3.05, 3.63) is 0 Å². The Morgan fingerprint density at radius 2 is 2.06 bits per heavy atom. The van der Waals surface area contributed by atoms with Crippen molar-refractivity contribution in [1.29, 1.82) is 5.26 Å². The van der Waals surface area contributed by atoms with Crippen molar-refractivity contribution < 1.29 is 5.21 Å². The Kier molecular flexibility index (Phi) is 4.75. The van der Waals surface area contributed by atoms with Gasteiger partial charge in [-0.2, -0.15) is 5.26 Å². The summed E-state index contributed by atoms with van der Waals surface area (Å²) in [4.78, 5) is 2.38. The van der Waals surface area contributed by atoms with Crippen LogP contribution in [0.1, 0.15) is 39.5 Å². The highest BCUT2D eigenvalue weighted by Gasteiger charge is 2.18. The van der Waals surface area contributed by atoms with Crippen molar-refractivity contribution in [3.63, 3.8) is 0 Å². The minimum Gasteiger partial charge on any atom is -0.411 e. The van der Waals surface area contributed by atoms with Gasteiger partial charge >= 0.3 is 0 Å². The molecular weight excluding hydrogens is 202 g/mol. The smallest absolute Gasteiger partial charge is 0.0683 e. The molecule has 0 unspecified atom stereocenters. The van der Waals surface area contributed by atoms with Gasteiger partial charge in [0.25, 0.3) is 0 Å². The summed E-state index contributed by atoms with van der Waals surface area (Å²) < 4.78 is 0. The lowest BCUT2D eigenvalue weighted by Gasteiger charge is -2.27. The molecule has 0 atom stereocenters. The van der Waals surface area contributed by atoms with Gasteiger partial charge in [-0.3, -0.25) is 0 Å². The Balaban J connectivity index is 2.19. The zero-order valence-electron chi connectivity index (χ0n) is 10.2. The van der Waals surface area contributed by atoms with Crippen LogP contribution >= 0.6 is 0 Å². The van der Waals surface area contributed by atoms with Crippen molar-refractivity contribution in [1.82, 2.24) is 4.90 Å². The third kappa shape index (κ3) is 4.19. The molecule has 0 aliphatic carbocycles. The van der Waals surface area contributed by atoms with Crippen LogP contribution in [0, 0.1) is 16.7 Å². The fourth-order valence-corrected chi connectivity index (χ4v) is 1.94. The number of piperidine rings is 1. The van der Waals surface area contributed by atoms with E-state index in [-0.39, 0.29) is 5.41 Å². The van der Waals surface area contributed by atoms with E-state index in [0.29, 0.717) is 0 Å². The van der Waals surface area contributed by atoms with Crippen LogP contribution in [0.25, 0.3) is 0 Å². The predicted molar refractivity (Wildman–Crippen MR) is 63.5 cm³/mol. The van der Waals surface area contributed by atoms with Gasteiger partial charge in [-0.15, -0.1) is 0 Å². The van der Waals surface area contributed by atoms with Crippen molar-refractivity contribution in [2.75, 3.05) is 19.6 Å². The molecule has 1 aliphatic rings. The Labute approximate surface area is 97.5 Å². The molecule has 1 fully saturated rings. The van der Waals surface area contributed by atoms with E-state index < -0.39 is 0 Å². The summed E-state index contributed by atoms with van der Waals surface area (Å²) in [6, 6.07) is 2.32. The molecule has 1 heterocycles. The largest absolute Gasteiger partial charge is 0.411 e. The van der Waals surface area contributed by atoms with Crippen LogP contribution in [-0.2, 0) is 0 Å². The van der Waals surface area contributed by atoms with E-state index in [1.54, 1.807) is 0 Å². The summed E-state index contributed by atoms with van der Waals surface area (Å²) in [5, 5.41) is 20.8. The first kappa shape index (κ1) is 13.0. The van der Waals surface area contributed by atoms with Gasteiger partial charge in [-0.05, 0) is 33.2 Å². The highest BCUT2D eigenvalue weighted by molar-refractivity contribution is 5.84. The van der Waals surface area contributed by atoms with Crippen LogP contribution in [0.15, 0.2) is 5.16 Å². The molecule has 0 bridgehead atoms. The minimum atomic E-state index is -0.201. The SMILES string of the molecule is CC(C)(C#N)CCCN1CCC(=NO)CC1. The summed E-state index contributed by atoms with van der Waals surface area (Å²) in [7, 11) is 0. The molecule has 1 rings (SSSR count). The van der Waals surface area contributed by atoms with Crippen LogP contribution in [0.3, 0.4) is 0 Å². The highest BCUT2D eigenvalue weighted by atomic mass is 16.4. The maximum absolute atomic E-state index is 8.89. The van der Waals surface area contributed by atoms with Gasteiger partial charge in [0.1, 0.15) is 0 Å². The lowest BCUT2D eigenvalue weighted by Crippen LogP contribution is -2.34. The van der Waals surface area contributed by atoms with Crippen LogP contribution in [0.5, 0.6) is 0 Å². The first-order valence-electron chi connectivity index (χ1n) is 5.91. The molecule has 0 amide bonds. The molecule has 0 aromatic heterocycles. The molecule has 0 radical (unpaired) electrons. The quantitative estimate of drug-likeness (QED) is 0.587. The molecule has 4 heteroatoms. The van der Waals surface area contributed by atoms with E-state index in [0.717, 1.165) is 51.0 Å². The van der Waals surface area contributed by atoms with Gasteiger partial charge in [0, 0.05) is 25.9 Å². The summed E-state index contributed by atoms with van der Waals surface area (Å²) in [5.41, 5.74) is 0.710. The zero-order chi connectivity index (χ0) is 12.0. The second-order valence-corrected chi connectivity index (χ2v) is 5.11. The standard InChI is InChI=1S/C12H21N3O/c1-12(2,10-13)6-3-7-15-8-4-11(14-16)5-9-15/h16H,3-9H2,1-2H3. The topological polar surface area (TPSA) is 59.6 Å². The molecule has 0 saturated carbocycles. The lowest BCUT2D eigenvalue weighted by atomic mass is 9.89. The van der Waals surface area contributed by atoms with Crippen molar-refractivity contribution >= 4 is 5.71 Å². The third-order valence-corrected chi connectivity index (χ3v) is 3.15. The van der Waals surface area contributed by atoms with Crippen molar-refractivity contribution in [3.8, 4) is 6.07 Å². The molecule has 0 aromatic rings. The molecule has 0 spiro atoms. The van der Waals surface area contributed by atoms with Crippen LogP contribution in [0.4, 0.5) is 0 Å². The van der Waals surface area contributed by atoms with Gasteiger partial charge < -0.3 is 10.1 Å². The normalized spacial score (nSPS) is 18.2. The zero-order valence-corrected chi connectivity index (χ0v) is 10.2. The van der Waals surface area contributed by atoms with Crippen LogP contribution in [0.2, 0.25) is 0 Å². The second-order valence-electron chi connectivity index (χ2n) is 5.11. The fourth-order valence-electron chi connectivity index (χ4n) is 1.94. The Morgan fingerprint density at radius 3 is 2.56 bits per heavy atom. The van der Waals surface area contributed by atoms with Crippen molar-refractivity contribution in [2.45, 2.75) is 39.5 Å². The number of rotatable bonds is 4. The Bertz CT molecular complexity index is 281. The Hall–Kier alpha value is -1.08. The number of likely N-dealkylation sites (tertiary alicyclic amines) is 1. The van der Waals surface area contributed by atoms with Gasteiger partial charge in [0.2, 0.25) is 0 Å². The van der Waals surface area contributed by atoms with E-state index >= 15 is 0 Å². The number of nitrogens with zero attached hydrogens (tertiary/aromatic N) is 3. The van der Waals surface area contributed by atoms with E-state index in [9.17, 15) is 0 Å². The van der Waals surface area contributed by atoms with Gasteiger partial charge in [0.05, 0.1) is 17.2 Å². The summed E-state index contributed by atoms with van der Waals surface area (Å²) >= 11 is 0. The minimum absolute atomic E-state index is 0.201. The van der Waals surface area contributed by atoms with Crippen molar-refractivity contribution in [2.24, 2.45) is 10.6 Å². The first-order chi connectivity index (χ1) is 7.57. The van der Waals surface area contributed by atoms with E-state index in [2.05, 4.69) is 16.1 Å². The van der Waals surface area contributed by atoms with E-state index in [1.807, 2.05) is 13.8 Å². The average molecular weight is 223 g/mol. The molecule has 1 aliphatic heterocycles. The highest BCUT2D eigenvalue weighted by Crippen LogP contribution is 2.21. The monoisotopic (exact) mass is 223 g/mol. The maximum atomic E-state index is 8.89. The molecule has 16 heavy (non-hydrogen) atoms. The lowest BCUT2D eigenvalue weighted by molar-refractivity contribution is 0.249. The number of hydrogen-bond donors (Lipinski definition) is 1. The summed E-state index contributed by atoms with van der Waals surface area (Å²) in [6.45, 7) is 6.97. The summed E-state index contributed by atoms with van der Waals surface area (Å²) in [6.07, 6.45) is 3.75. The molecule has 1 N–H and O–H groups in total. The third-order valence-electron chi connectivity index (χ3n) is 3.15. The summed E-state index contributed by atoms with van der Waals surface area (Å²) in [5.74, 6) is 0. The average Bonchev–Trinajstić information content (AvgIpc) is 2.30. The second kappa shape index (κ2) is 5.86. The molecule has 4 nitrogen and oxygen atoms in total. The number of hydrogen-bond acceptors (Lipinski definition) is 4. The first-order valence-corrected chi connectivity index (χ1v) is 5.91. The molecule has 0 aromatic carbocycles. The van der Waals surface area contributed by atoms with Crippen LogP contribution < -0.4 is 0 Å². The van der Waals surface area contributed by atoms with E-state index in [4.69, 9.17) is 10.5 Å². The van der Waals surface area contributed by atoms with E-state index in [1.165, 1.54) is 0 Å². The number of oxime groups is 1. The molecular formula is C12H21N3O. The fraction of sp³-hybridized carbons (Fsp3) is 0.833. The van der Waals surface area contributed by atoms with Crippen LogP contribution in [-0.4, -0.2) is 35.5 Å². The van der Waals surface area contributed by atoms with Gasteiger partial charge in [-0.25, -0.2) is 0 Å². The van der Waals surface area contributed by atoms with Gasteiger partial charge in [-0.1, -0.05) is 5.16 Å². The Morgan fingerprint density at radius 1 is 1.44 bits per heavy atom. The maximum Gasteiger partial charge on any atom is 0.0683 e. The van der Waals surface area contributed by atoms with Gasteiger partial charge in [0.15, 0.2) is 0 Å². The number of nitriles is 1. The molecule has 90 valence electrons.